The summed E-state index contributed by atoms with van der Waals surface area (Å²) in [6, 6.07) is -0.540. The molecule has 6 heteroatoms. The van der Waals surface area contributed by atoms with Crippen LogP contribution >= 0.6 is 0 Å². The summed E-state index contributed by atoms with van der Waals surface area (Å²) < 4.78 is 5.49. The average Bonchev–Trinajstić information content (AvgIpc) is 3.36. The number of carbonyl (C=O) groups excluding carboxylic acids is 2. The molecule has 0 aliphatic heterocycles. The molecule has 0 aromatic carbocycles. The highest BCUT2D eigenvalue weighted by Gasteiger charge is 2.20. The smallest absolute Gasteiger partial charge is 0.305 e. The fourth-order valence-corrected chi connectivity index (χ4v) is 10.2. The van der Waals surface area contributed by atoms with Gasteiger partial charge >= 0.3 is 5.97 Å². The molecule has 3 N–H and O–H groups in total. The third-order valence-corrected chi connectivity index (χ3v) is 15.1. The number of hydrogen-bond donors (Lipinski definition) is 3. The van der Waals surface area contributed by atoms with Crippen molar-refractivity contribution in [1.29, 1.82) is 0 Å². The molecule has 1 amide bonds. The lowest BCUT2D eigenvalue weighted by Crippen LogP contribution is -2.45. The molecule has 6 nitrogen and oxygen atoms in total. The Balaban J connectivity index is 3.34. The highest BCUT2D eigenvalue weighted by molar-refractivity contribution is 5.76. The van der Waals surface area contributed by atoms with Crippen molar-refractivity contribution < 1.29 is 24.5 Å². The van der Waals surface area contributed by atoms with Crippen molar-refractivity contribution in [2.45, 2.75) is 373 Å². The van der Waals surface area contributed by atoms with E-state index in [1.165, 1.54) is 289 Å². The second kappa shape index (κ2) is 60.2. The van der Waals surface area contributed by atoms with Gasteiger partial charge in [-0.15, -0.1) is 0 Å². The van der Waals surface area contributed by atoms with E-state index < -0.39 is 12.1 Å². The van der Waals surface area contributed by atoms with Crippen LogP contribution in [0, 0.1) is 0 Å². The lowest BCUT2D eigenvalue weighted by molar-refractivity contribution is -0.143. The predicted molar refractivity (Wildman–Crippen MR) is 306 cm³/mol. The van der Waals surface area contributed by atoms with E-state index in [1.54, 1.807) is 0 Å². The zero-order chi connectivity index (χ0) is 50.7. The molecule has 0 heterocycles. The summed E-state index contributed by atoms with van der Waals surface area (Å²) in [7, 11) is 0. The quantitative estimate of drug-likeness (QED) is 0.0321. The Morgan fingerprint density at radius 3 is 1.01 bits per heavy atom. The summed E-state index contributed by atoms with van der Waals surface area (Å²) >= 11 is 0. The molecule has 0 rings (SSSR count). The fourth-order valence-electron chi connectivity index (χ4n) is 10.2. The SMILES string of the molecule is CCCCCCCCCCCCCCCCCC(=O)OCCCCCCCCCCCCCC/C=C\CCCCCCCCCCCCCC(=O)NC(CO)C(O)CCCCCCCCCCCCC. The van der Waals surface area contributed by atoms with E-state index in [2.05, 4.69) is 31.3 Å². The van der Waals surface area contributed by atoms with E-state index in [4.69, 9.17) is 4.74 Å². The topological polar surface area (TPSA) is 95.9 Å². The molecule has 0 radical (unpaired) electrons. The zero-order valence-corrected chi connectivity index (χ0v) is 47.5. The van der Waals surface area contributed by atoms with Crippen molar-refractivity contribution in [2.24, 2.45) is 0 Å². The van der Waals surface area contributed by atoms with Crippen LogP contribution in [0.2, 0.25) is 0 Å². The van der Waals surface area contributed by atoms with E-state index >= 15 is 0 Å². The maximum absolute atomic E-state index is 12.4. The number of carbonyl (C=O) groups is 2. The van der Waals surface area contributed by atoms with Crippen LogP contribution in [-0.4, -0.2) is 47.4 Å². The van der Waals surface area contributed by atoms with Gasteiger partial charge in [0.25, 0.3) is 0 Å². The normalized spacial score (nSPS) is 12.6. The molecule has 0 bridgehead atoms. The number of aliphatic hydroxyl groups is 2. The van der Waals surface area contributed by atoms with E-state index in [9.17, 15) is 19.8 Å². The van der Waals surface area contributed by atoms with Gasteiger partial charge in [0.2, 0.25) is 5.91 Å². The Bertz CT molecular complexity index is 1050. The fraction of sp³-hybridized carbons (Fsp3) is 0.938. The maximum Gasteiger partial charge on any atom is 0.305 e. The summed E-state index contributed by atoms with van der Waals surface area (Å²) in [4.78, 5) is 24.5. The van der Waals surface area contributed by atoms with E-state index in [-0.39, 0.29) is 18.5 Å². The van der Waals surface area contributed by atoms with Crippen LogP contribution in [0.4, 0.5) is 0 Å². The Morgan fingerprint density at radius 1 is 0.386 bits per heavy atom. The number of hydrogen-bond acceptors (Lipinski definition) is 5. The van der Waals surface area contributed by atoms with Gasteiger partial charge in [0.15, 0.2) is 0 Å². The average molecular weight is 989 g/mol. The van der Waals surface area contributed by atoms with Gasteiger partial charge in [-0.1, -0.05) is 309 Å². The second-order valence-corrected chi connectivity index (χ2v) is 22.1. The Kier molecular flexibility index (Phi) is 59.0. The minimum Gasteiger partial charge on any atom is -0.466 e. The first-order valence-corrected chi connectivity index (χ1v) is 31.9. The minimum absolute atomic E-state index is 0.0186. The second-order valence-electron chi connectivity index (χ2n) is 22.1. The van der Waals surface area contributed by atoms with Gasteiger partial charge in [0.05, 0.1) is 25.4 Å². The summed E-state index contributed by atoms with van der Waals surface area (Å²) in [5, 5.41) is 23.2. The number of rotatable bonds is 60. The first kappa shape index (κ1) is 68.6. The van der Waals surface area contributed by atoms with Gasteiger partial charge in [-0.3, -0.25) is 9.59 Å². The van der Waals surface area contributed by atoms with Crippen molar-refractivity contribution in [3.63, 3.8) is 0 Å². The molecule has 0 aromatic rings. The van der Waals surface area contributed by atoms with Crippen molar-refractivity contribution in [2.75, 3.05) is 13.2 Å². The van der Waals surface area contributed by atoms with Crippen LogP contribution in [0.25, 0.3) is 0 Å². The highest BCUT2D eigenvalue weighted by Crippen LogP contribution is 2.18. The first-order valence-electron chi connectivity index (χ1n) is 31.9. The molecular formula is C64H125NO5. The molecule has 0 fully saturated rings. The van der Waals surface area contributed by atoms with Gasteiger partial charge in [-0.2, -0.15) is 0 Å². The summed E-state index contributed by atoms with van der Waals surface area (Å²) in [6.07, 6.45) is 72.4. The Labute approximate surface area is 438 Å². The van der Waals surface area contributed by atoms with Gasteiger partial charge in [0.1, 0.15) is 0 Å². The van der Waals surface area contributed by atoms with E-state index in [0.29, 0.717) is 25.9 Å². The summed E-state index contributed by atoms with van der Waals surface area (Å²) in [6.45, 7) is 4.97. The van der Waals surface area contributed by atoms with Gasteiger partial charge in [-0.05, 0) is 51.4 Å². The van der Waals surface area contributed by atoms with Crippen LogP contribution < -0.4 is 5.32 Å². The predicted octanol–water partition coefficient (Wildman–Crippen LogP) is 20.0. The molecule has 0 aliphatic carbocycles. The molecule has 2 unspecified atom stereocenters. The molecule has 0 spiro atoms. The van der Waals surface area contributed by atoms with Crippen LogP contribution in [0.1, 0.15) is 361 Å². The minimum atomic E-state index is -0.662. The molecule has 0 aliphatic rings. The highest BCUT2D eigenvalue weighted by atomic mass is 16.5. The van der Waals surface area contributed by atoms with Gasteiger partial charge in [-0.25, -0.2) is 0 Å². The third kappa shape index (κ3) is 55.9. The van der Waals surface area contributed by atoms with Crippen molar-refractivity contribution >= 4 is 11.9 Å². The number of ether oxygens (including phenoxy) is 1. The molecule has 70 heavy (non-hydrogen) atoms. The number of aliphatic hydroxyl groups excluding tert-OH is 2. The van der Waals surface area contributed by atoms with Crippen molar-refractivity contribution in [3.05, 3.63) is 12.2 Å². The summed E-state index contributed by atoms with van der Waals surface area (Å²) in [5.41, 5.74) is 0. The largest absolute Gasteiger partial charge is 0.466 e. The van der Waals surface area contributed by atoms with Gasteiger partial charge < -0.3 is 20.3 Å². The van der Waals surface area contributed by atoms with Gasteiger partial charge in [0, 0.05) is 12.8 Å². The van der Waals surface area contributed by atoms with Crippen molar-refractivity contribution in [1.82, 2.24) is 5.32 Å². The maximum atomic E-state index is 12.4. The number of esters is 1. The molecule has 0 saturated heterocycles. The molecule has 416 valence electrons. The summed E-state index contributed by atoms with van der Waals surface area (Å²) in [5.74, 6) is -0.0166. The molecule has 0 saturated carbocycles. The third-order valence-electron chi connectivity index (χ3n) is 15.1. The Morgan fingerprint density at radius 2 is 0.671 bits per heavy atom. The van der Waals surface area contributed by atoms with E-state index in [0.717, 1.165) is 38.5 Å². The van der Waals surface area contributed by atoms with Crippen LogP contribution in [0.5, 0.6) is 0 Å². The van der Waals surface area contributed by atoms with E-state index in [1.807, 2.05) is 0 Å². The molecule has 2 atom stereocenters. The van der Waals surface area contributed by atoms with Crippen LogP contribution in [0.3, 0.4) is 0 Å². The first-order chi connectivity index (χ1) is 34.5. The number of nitrogens with one attached hydrogen (secondary N) is 1. The number of amides is 1. The van der Waals surface area contributed by atoms with Crippen LogP contribution in [0.15, 0.2) is 12.2 Å². The standard InChI is InChI=1S/C64H125NO5/c1-3-5-7-9-11-13-15-16-30-34-38-42-46-50-54-58-64(69)70-59-55-51-47-43-39-35-32-29-27-25-23-21-19-17-18-20-22-24-26-28-31-33-37-41-45-49-53-57-63(68)65-61(60-66)62(67)56-52-48-44-40-36-14-12-10-8-6-4-2/h17-18,61-62,66-67H,3-16,19-60H2,1-2H3,(H,65,68)/b18-17-. The lowest BCUT2D eigenvalue weighted by Gasteiger charge is -2.22. The lowest BCUT2D eigenvalue weighted by atomic mass is 10.0. The van der Waals surface area contributed by atoms with Crippen LogP contribution in [-0.2, 0) is 14.3 Å². The zero-order valence-electron chi connectivity index (χ0n) is 47.5. The molecular weight excluding hydrogens is 863 g/mol. The molecule has 0 aromatic heterocycles. The number of allylic oxidation sites excluding steroid dienone is 2. The Hall–Kier alpha value is -1.40. The monoisotopic (exact) mass is 988 g/mol. The number of unbranched alkanes of at least 4 members (excludes halogenated alkanes) is 47. The van der Waals surface area contributed by atoms with Crippen molar-refractivity contribution in [3.8, 4) is 0 Å².